The average Bonchev–Trinajstić information content (AvgIpc) is 2.77. The highest BCUT2D eigenvalue weighted by Crippen LogP contribution is 2.30. The molecule has 0 unspecified atom stereocenters. The van der Waals surface area contributed by atoms with Crippen molar-refractivity contribution >= 4 is 29.1 Å². The molecule has 0 aliphatic carbocycles. The third-order valence-electron chi connectivity index (χ3n) is 4.06. The number of rotatable bonds is 4. The van der Waals surface area contributed by atoms with Crippen molar-refractivity contribution in [3.8, 4) is 0 Å². The summed E-state index contributed by atoms with van der Waals surface area (Å²) in [7, 11) is 0. The van der Waals surface area contributed by atoms with Crippen molar-refractivity contribution in [1.29, 1.82) is 0 Å². The largest absolute Gasteiger partial charge is 0.462 e. The van der Waals surface area contributed by atoms with Crippen LogP contribution in [0.3, 0.4) is 0 Å². The molecule has 2 aromatic carbocycles. The van der Waals surface area contributed by atoms with Crippen molar-refractivity contribution in [2.24, 2.45) is 4.99 Å². The molecule has 1 heterocycles. The second kappa shape index (κ2) is 8.47. The first-order valence-corrected chi connectivity index (χ1v) is 8.85. The molecule has 0 aromatic heterocycles. The summed E-state index contributed by atoms with van der Waals surface area (Å²) in [6, 6.07) is 13.0. The Kier molecular flexibility index (Phi) is 5.84. The average molecular weight is 381 g/mol. The summed E-state index contributed by atoms with van der Waals surface area (Å²) < 4.78 is 18.5. The zero-order valence-corrected chi connectivity index (χ0v) is 15.6. The van der Waals surface area contributed by atoms with Crippen LogP contribution in [0.1, 0.15) is 19.4 Å². The fraction of sp³-hybridized carbons (Fsp3) is 0.190. The van der Waals surface area contributed by atoms with Gasteiger partial charge in [-0.25, -0.2) is 14.2 Å². The number of anilines is 1. The van der Waals surface area contributed by atoms with E-state index in [1.807, 2.05) is 12.1 Å². The Balaban J connectivity index is 1.93. The van der Waals surface area contributed by atoms with Gasteiger partial charge in [-0.2, -0.15) is 0 Å². The van der Waals surface area contributed by atoms with Crippen molar-refractivity contribution in [3.63, 3.8) is 0 Å². The van der Waals surface area contributed by atoms with Gasteiger partial charge in [0.25, 0.3) is 0 Å². The molecule has 3 rings (SSSR count). The summed E-state index contributed by atoms with van der Waals surface area (Å²) in [4.78, 5) is 29.5. The number of allylic oxidation sites excluding steroid dienone is 1. The van der Waals surface area contributed by atoms with E-state index in [9.17, 15) is 14.0 Å². The molecule has 0 saturated heterocycles. The Morgan fingerprint density at radius 3 is 2.71 bits per heavy atom. The number of carbonyl (C=O) groups is 2. The lowest BCUT2D eigenvalue weighted by Crippen LogP contribution is -2.36. The molecule has 0 fully saturated rings. The van der Waals surface area contributed by atoms with Crippen LogP contribution in [0, 0.1) is 5.82 Å². The van der Waals surface area contributed by atoms with Gasteiger partial charge in [0.05, 0.1) is 24.4 Å². The number of amidine groups is 1. The molecule has 0 saturated carbocycles. The molecule has 7 heteroatoms. The predicted molar refractivity (Wildman–Crippen MR) is 105 cm³/mol. The number of hydrogen-bond acceptors (Lipinski definition) is 5. The Morgan fingerprint density at radius 2 is 1.96 bits per heavy atom. The minimum absolute atomic E-state index is 0.0546. The van der Waals surface area contributed by atoms with Crippen LogP contribution in [0.4, 0.5) is 15.8 Å². The Bertz CT molecular complexity index is 982. The minimum Gasteiger partial charge on any atom is -0.462 e. The van der Waals surface area contributed by atoms with E-state index in [2.05, 4.69) is 15.6 Å². The number of aliphatic imine (C=N–C) groups is 1. The number of nitrogens with one attached hydrogen (secondary N) is 2. The smallest absolute Gasteiger partial charge is 0.343 e. The summed E-state index contributed by atoms with van der Waals surface area (Å²) in [5, 5.41) is 5.81. The maximum Gasteiger partial charge on any atom is 0.343 e. The maximum absolute atomic E-state index is 13.4. The van der Waals surface area contributed by atoms with Crippen molar-refractivity contribution in [2.45, 2.75) is 20.3 Å². The third kappa shape index (κ3) is 4.43. The lowest BCUT2D eigenvalue weighted by atomic mass is 10.1. The van der Waals surface area contributed by atoms with Crippen molar-refractivity contribution in [1.82, 2.24) is 5.32 Å². The van der Waals surface area contributed by atoms with E-state index in [1.54, 1.807) is 32.0 Å². The first-order chi connectivity index (χ1) is 13.5. The zero-order valence-electron chi connectivity index (χ0n) is 15.6. The van der Waals surface area contributed by atoms with Crippen LogP contribution in [0.15, 0.2) is 64.8 Å². The fourth-order valence-electron chi connectivity index (χ4n) is 2.85. The number of benzene rings is 2. The second-order valence-corrected chi connectivity index (χ2v) is 6.18. The monoisotopic (exact) mass is 381 g/mol. The molecule has 0 spiro atoms. The standard InChI is InChI=1S/C21H20FN3O3/c1-3-28-21(27)19-13(2)23-16-9-4-5-10-17(16)24-20(19)25-18(26)12-14-7-6-8-15(22)11-14/h4-11,23H,3,12H2,1-2H3,(H,24,25,26). The van der Waals surface area contributed by atoms with E-state index < -0.39 is 17.7 Å². The lowest BCUT2D eigenvalue weighted by Gasteiger charge is -2.13. The highest BCUT2D eigenvalue weighted by Gasteiger charge is 2.25. The van der Waals surface area contributed by atoms with E-state index in [-0.39, 0.29) is 24.4 Å². The van der Waals surface area contributed by atoms with Gasteiger partial charge in [0.15, 0.2) is 0 Å². The van der Waals surface area contributed by atoms with Gasteiger partial charge >= 0.3 is 5.97 Å². The van der Waals surface area contributed by atoms with Gasteiger partial charge in [-0.15, -0.1) is 0 Å². The molecule has 1 aliphatic rings. The number of fused-ring (bicyclic) bond motifs is 1. The maximum atomic E-state index is 13.4. The predicted octanol–water partition coefficient (Wildman–Crippen LogP) is 3.48. The Morgan fingerprint density at radius 1 is 1.18 bits per heavy atom. The summed E-state index contributed by atoms with van der Waals surface area (Å²) in [5.74, 6) is -1.34. The second-order valence-electron chi connectivity index (χ2n) is 6.18. The molecule has 6 nitrogen and oxygen atoms in total. The molecule has 1 aliphatic heterocycles. The molecule has 1 amide bonds. The van der Waals surface area contributed by atoms with Crippen molar-refractivity contribution in [2.75, 3.05) is 11.9 Å². The Hall–Kier alpha value is -3.48. The van der Waals surface area contributed by atoms with Gasteiger partial charge in [-0.3, -0.25) is 4.79 Å². The van der Waals surface area contributed by atoms with Gasteiger partial charge in [0.1, 0.15) is 17.2 Å². The van der Waals surface area contributed by atoms with Crippen LogP contribution in [0.25, 0.3) is 0 Å². The number of amides is 1. The highest BCUT2D eigenvalue weighted by molar-refractivity contribution is 6.24. The van der Waals surface area contributed by atoms with E-state index in [0.717, 1.165) is 0 Å². The molecule has 0 atom stereocenters. The van der Waals surface area contributed by atoms with E-state index in [1.165, 1.54) is 18.2 Å². The molecule has 2 aromatic rings. The van der Waals surface area contributed by atoms with Crippen LogP contribution in [-0.2, 0) is 20.7 Å². The summed E-state index contributed by atoms with van der Waals surface area (Å²) in [6.07, 6.45) is -0.0546. The molecular weight excluding hydrogens is 361 g/mol. The van der Waals surface area contributed by atoms with Crippen LogP contribution >= 0.6 is 0 Å². The minimum atomic E-state index is -0.592. The fourth-order valence-corrected chi connectivity index (χ4v) is 2.85. The number of hydrogen-bond donors (Lipinski definition) is 2. The lowest BCUT2D eigenvalue weighted by molar-refractivity contribution is -0.137. The van der Waals surface area contributed by atoms with Crippen molar-refractivity contribution in [3.05, 3.63) is 71.2 Å². The number of esters is 1. The number of nitrogens with zero attached hydrogens (tertiary/aromatic N) is 1. The molecule has 0 radical (unpaired) electrons. The first kappa shape index (κ1) is 19.3. The zero-order chi connectivity index (χ0) is 20.1. The van der Waals surface area contributed by atoms with Gasteiger partial charge in [0.2, 0.25) is 5.91 Å². The summed E-state index contributed by atoms with van der Waals surface area (Å²) in [5.41, 5.74) is 2.45. The van der Waals surface area contributed by atoms with Crippen LogP contribution in [-0.4, -0.2) is 24.3 Å². The Labute approximate surface area is 162 Å². The molecule has 28 heavy (non-hydrogen) atoms. The van der Waals surface area contributed by atoms with E-state index in [0.29, 0.717) is 22.6 Å². The van der Waals surface area contributed by atoms with Crippen LogP contribution in [0.5, 0.6) is 0 Å². The highest BCUT2D eigenvalue weighted by atomic mass is 19.1. The number of para-hydroxylation sites is 2. The van der Waals surface area contributed by atoms with Crippen LogP contribution < -0.4 is 10.6 Å². The third-order valence-corrected chi connectivity index (χ3v) is 4.06. The number of halogens is 1. The SMILES string of the molecule is CCOC(=O)C1=C(C)Nc2ccccc2N=C1NC(=O)Cc1cccc(F)c1. The quantitative estimate of drug-likeness (QED) is 0.795. The number of carbonyl (C=O) groups excluding carboxylic acids is 2. The van der Waals surface area contributed by atoms with Gasteiger partial charge < -0.3 is 15.4 Å². The van der Waals surface area contributed by atoms with Gasteiger partial charge in [0, 0.05) is 5.70 Å². The number of ether oxygens (including phenoxy) is 1. The van der Waals surface area contributed by atoms with Gasteiger partial charge in [-0.05, 0) is 43.7 Å². The molecular formula is C21H20FN3O3. The van der Waals surface area contributed by atoms with Crippen LogP contribution in [0.2, 0.25) is 0 Å². The summed E-state index contributed by atoms with van der Waals surface area (Å²) in [6.45, 7) is 3.60. The molecule has 2 N–H and O–H groups in total. The first-order valence-electron chi connectivity index (χ1n) is 8.85. The summed E-state index contributed by atoms with van der Waals surface area (Å²) >= 11 is 0. The topological polar surface area (TPSA) is 79.8 Å². The van der Waals surface area contributed by atoms with E-state index >= 15 is 0 Å². The molecule has 0 bridgehead atoms. The van der Waals surface area contributed by atoms with Gasteiger partial charge in [-0.1, -0.05) is 24.3 Å². The normalized spacial score (nSPS) is 13.0. The molecule has 144 valence electrons. The van der Waals surface area contributed by atoms with E-state index in [4.69, 9.17) is 4.74 Å². The van der Waals surface area contributed by atoms with Crippen molar-refractivity contribution < 1.29 is 18.7 Å².